The van der Waals surface area contributed by atoms with Crippen molar-refractivity contribution < 1.29 is 0 Å². The smallest absolute Gasteiger partial charge is 0.0483 e. The second-order valence-corrected chi connectivity index (χ2v) is 4.44. The lowest BCUT2D eigenvalue weighted by atomic mass is 9.91. The Hall–Kier alpha value is -1.28. The molecule has 0 amide bonds. The molecule has 0 bridgehead atoms. The zero-order valence-corrected chi connectivity index (χ0v) is 9.03. The van der Waals surface area contributed by atoms with Crippen LogP contribution in [-0.2, 0) is 13.5 Å². The van der Waals surface area contributed by atoms with Crippen molar-refractivity contribution in [1.82, 2.24) is 4.57 Å². The molecule has 1 aromatic heterocycles. The van der Waals surface area contributed by atoms with E-state index in [1.54, 1.807) is 0 Å². The van der Waals surface area contributed by atoms with Crippen molar-refractivity contribution in [1.29, 1.82) is 0 Å². The first-order valence-electron chi connectivity index (χ1n) is 5.61. The van der Waals surface area contributed by atoms with Gasteiger partial charge in [-0.3, -0.25) is 0 Å². The van der Waals surface area contributed by atoms with Crippen LogP contribution in [0.5, 0.6) is 0 Å². The summed E-state index contributed by atoms with van der Waals surface area (Å²) in [6, 6.07) is 8.81. The number of nitrogens with two attached hydrogens (primary N) is 1. The summed E-state index contributed by atoms with van der Waals surface area (Å²) in [5.74, 6) is 0. The van der Waals surface area contributed by atoms with Gasteiger partial charge in [-0.1, -0.05) is 18.2 Å². The Morgan fingerprint density at radius 1 is 1.33 bits per heavy atom. The SMILES string of the molecule is Cn1c2c(c3ccccc31)C(N)CCC2. The van der Waals surface area contributed by atoms with E-state index >= 15 is 0 Å². The van der Waals surface area contributed by atoms with Gasteiger partial charge < -0.3 is 10.3 Å². The van der Waals surface area contributed by atoms with E-state index in [1.807, 2.05) is 0 Å². The lowest BCUT2D eigenvalue weighted by molar-refractivity contribution is 0.557. The molecule has 2 aromatic rings. The fourth-order valence-electron chi connectivity index (χ4n) is 2.83. The summed E-state index contributed by atoms with van der Waals surface area (Å²) in [6.45, 7) is 0. The van der Waals surface area contributed by atoms with Gasteiger partial charge in [0.2, 0.25) is 0 Å². The van der Waals surface area contributed by atoms with Crippen LogP contribution in [0.15, 0.2) is 24.3 Å². The van der Waals surface area contributed by atoms with Crippen LogP contribution in [-0.4, -0.2) is 4.57 Å². The summed E-state index contributed by atoms with van der Waals surface area (Å²) < 4.78 is 2.31. The quantitative estimate of drug-likeness (QED) is 0.696. The van der Waals surface area contributed by atoms with Gasteiger partial charge in [0, 0.05) is 29.7 Å². The molecule has 2 nitrogen and oxygen atoms in total. The summed E-state index contributed by atoms with van der Waals surface area (Å²) in [7, 11) is 2.15. The second-order valence-electron chi connectivity index (χ2n) is 4.44. The molecule has 2 N–H and O–H groups in total. The number of rotatable bonds is 0. The van der Waals surface area contributed by atoms with E-state index in [9.17, 15) is 0 Å². The van der Waals surface area contributed by atoms with Crippen LogP contribution < -0.4 is 5.73 Å². The molecule has 2 heteroatoms. The van der Waals surface area contributed by atoms with Gasteiger partial charge in [0.25, 0.3) is 0 Å². The van der Waals surface area contributed by atoms with Crippen LogP contribution in [0.3, 0.4) is 0 Å². The van der Waals surface area contributed by atoms with Gasteiger partial charge >= 0.3 is 0 Å². The number of aromatic nitrogens is 1. The van der Waals surface area contributed by atoms with Gasteiger partial charge in [0.1, 0.15) is 0 Å². The first-order valence-corrected chi connectivity index (χ1v) is 5.61. The van der Waals surface area contributed by atoms with Crippen LogP contribution in [0.25, 0.3) is 10.9 Å². The molecular weight excluding hydrogens is 184 g/mol. The molecule has 1 heterocycles. The van der Waals surface area contributed by atoms with Crippen LogP contribution in [0.2, 0.25) is 0 Å². The fraction of sp³-hybridized carbons (Fsp3) is 0.385. The van der Waals surface area contributed by atoms with Crippen molar-refractivity contribution in [3.05, 3.63) is 35.5 Å². The van der Waals surface area contributed by atoms with Gasteiger partial charge in [-0.05, 0) is 30.9 Å². The fourth-order valence-corrected chi connectivity index (χ4v) is 2.83. The molecule has 1 atom stereocenters. The lowest BCUT2D eigenvalue weighted by Crippen LogP contribution is -2.17. The number of fused-ring (bicyclic) bond motifs is 3. The summed E-state index contributed by atoms with van der Waals surface area (Å²) >= 11 is 0. The largest absolute Gasteiger partial charge is 0.347 e. The minimum Gasteiger partial charge on any atom is -0.347 e. The highest BCUT2D eigenvalue weighted by Gasteiger charge is 2.23. The van der Waals surface area contributed by atoms with Gasteiger partial charge in [-0.25, -0.2) is 0 Å². The Labute approximate surface area is 89.7 Å². The van der Waals surface area contributed by atoms with Crippen LogP contribution >= 0.6 is 0 Å². The Bertz CT molecular complexity index is 510. The molecule has 0 spiro atoms. The molecule has 1 aliphatic rings. The van der Waals surface area contributed by atoms with Crippen molar-refractivity contribution in [2.24, 2.45) is 12.8 Å². The number of hydrogen-bond acceptors (Lipinski definition) is 1. The average Bonchev–Trinajstić information content (AvgIpc) is 2.55. The molecule has 0 saturated heterocycles. The first-order chi connectivity index (χ1) is 7.29. The Morgan fingerprint density at radius 2 is 2.13 bits per heavy atom. The van der Waals surface area contributed by atoms with E-state index in [4.69, 9.17) is 5.73 Å². The topological polar surface area (TPSA) is 30.9 Å². The minimum atomic E-state index is 0.236. The van der Waals surface area contributed by atoms with Crippen molar-refractivity contribution in [2.45, 2.75) is 25.3 Å². The number of aryl methyl sites for hydroxylation is 1. The predicted molar refractivity (Wildman–Crippen MR) is 62.8 cm³/mol. The average molecular weight is 200 g/mol. The molecular formula is C13H16N2. The summed E-state index contributed by atoms with van der Waals surface area (Å²) in [4.78, 5) is 0. The number of para-hydroxylation sites is 1. The highest BCUT2D eigenvalue weighted by molar-refractivity contribution is 5.86. The number of benzene rings is 1. The van der Waals surface area contributed by atoms with Crippen molar-refractivity contribution >= 4 is 10.9 Å². The molecule has 15 heavy (non-hydrogen) atoms. The minimum absolute atomic E-state index is 0.236. The second kappa shape index (κ2) is 3.11. The third kappa shape index (κ3) is 1.15. The molecule has 1 unspecified atom stereocenters. The molecule has 3 rings (SSSR count). The van der Waals surface area contributed by atoms with Gasteiger partial charge in [0.15, 0.2) is 0 Å². The molecule has 78 valence electrons. The molecule has 1 aliphatic carbocycles. The normalized spacial score (nSPS) is 20.5. The van der Waals surface area contributed by atoms with E-state index in [0.717, 1.165) is 6.42 Å². The molecule has 0 fully saturated rings. The highest BCUT2D eigenvalue weighted by atomic mass is 15.0. The van der Waals surface area contributed by atoms with Crippen LogP contribution in [0.1, 0.15) is 30.1 Å². The van der Waals surface area contributed by atoms with Crippen molar-refractivity contribution in [3.8, 4) is 0 Å². The lowest BCUT2D eigenvalue weighted by Gasteiger charge is -2.20. The van der Waals surface area contributed by atoms with E-state index in [0.29, 0.717) is 0 Å². The molecule has 1 aromatic carbocycles. The van der Waals surface area contributed by atoms with Gasteiger partial charge in [-0.2, -0.15) is 0 Å². The number of nitrogens with zero attached hydrogens (tertiary/aromatic N) is 1. The first kappa shape index (κ1) is 8.98. The molecule has 0 aliphatic heterocycles. The van der Waals surface area contributed by atoms with Crippen LogP contribution in [0, 0.1) is 0 Å². The van der Waals surface area contributed by atoms with E-state index in [2.05, 4.69) is 35.9 Å². The standard InChI is InChI=1S/C13H16N2/c1-15-11-7-3-2-5-9(11)13-10(14)6-4-8-12(13)15/h2-3,5,7,10H,4,6,8,14H2,1H3. The summed E-state index contributed by atoms with van der Waals surface area (Å²) in [5.41, 5.74) is 10.4. The maximum atomic E-state index is 6.21. The van der Waals surface area contributed by atoms with Crippen molar-refractivity contribution in [2.75, 3.05) is 0 Å². The summed E-state index contributed by atoms with van der Waals surface area (Å²) in [6.07, 6.45) is 3.52. The zero-order valence-electron chi connectivity index (χ0n) is 9.03. The third-order valence-corrected chi connectivity index (χ3v) is 3.57. The molecule has 0 saturated carbocycles. The van der Waals surface area contributed by atoms with Crippen molar-refractivity contribution in [3.63, 3.8) is 0 Å². The van der Waals surface area contributed by atoms with Gasteiger partial charge in [-0.15, -0.1) is 0 Å². The van der Waals surface area contributed by atoms with E-state index in [1.165, 1.54) is 35.0 Å². The Kier molecular flexibility index (Phi) is 1.86. The third-order valence-electron chi connectivity index (χ3n) is 3.57. The summed E-state index contributed by atoms with van der Waals surface area (Å²) in [5, 5.41) is 1.35. The van der Waals surface area contributed by atoms with Crippen LogP contribution in [0.4, 0.5) is 0 Å². The maximum Gasteiger partial charge on any atom is 0.0483 e. The predicted octanol–water partition coefficient (Wildman–Crippen LogP) is 2.51. The number of hydrogen-bond donors (Lipinski definition) is 1. The highest BCUT2D eigenvalue weighted by Crippen LogP contribution is 2.35. The maximum absolute atomic E-state index is 6.21. The van der Waals surface area contributed by atoms with E-state index in [-0.39, 0.29) is 6.04 Å². The van der Waals surface area contributed by atoms with Gasteiger partial charge in [0.05, 0.1) is 0 Å². The zero-order chi connectivity index (χ0) is 10.4. The Morgan fingerprint density at radius 3 is 3.00 bits per heavy atom. The van der Waals surface area contributed by atoms with E-state index < -0.39 is 0 Å². The molecule has 0 radical (unpaired) electrons. The Balaban J connectivity index is 2.41. The monoisotopic (exact) mass is 200 g/mol.